The Morgan fingerprint density at radius 1 is 1.04 bits per heavy atom. The maximum Gasteiger partial charge on any atom is 0.270 e. The van der Waals surface area contributed by atoms with Crippen molar-refractivity contribution in [3.8, 4) is 6.07 Å². The Balaban J connectivity index is 0.00000460. The number of fused-ring (bicyclic) bond motifs is 1. The number of nitrogens with two attached hydrogens (primary N) is 2. The predicted molar refractivity (Wildman–Crippen MR) is 215 cm³/mol. The van der Waals surface area contributed by atoms with E-state index in [2.05, 4.69) is 49.3 Å². The van der Waals surface area contributed by atoms with Crippen molar-refractivity contribution in [2.75, 3.05) is 18.8 Å². The zero-order valence-electron chi connectivity index (χ0n) is 31.7. The van der Waals surface area contributed by atoms with Gasteiger partial charge in [0.15, 0.2) is 0 Å². The normalized spacial score (nSPS) is 12.3. The van der Waals surface area contributed by atoms with Crippen LogP contribution in [0.15, 0.2) is 96.8 Å². The zero-order valence-corrected chi connectivity index (χ0v) is 31.7. The maximum atomic E-state index is 11.6. The van der Waals surface area contributed by atoms with Crippen LogP contribution in [0.25, 0.3) is 22.4 Å². The van der Waals surface area contributed by atoms with Crippen LogP contribution in [0.5, 0.6) is 0 Å². The number of hydrogen-bond acceptors (Lipinski definition) is 7. The van der Waals surface area contributed by atoms with Crippen LogP contribution in [-0.2, 0) is 15.0 Å². The fourth-order valence-electron chi connectivity index (χ4n) is 5.97. The lowest BCUT2D eigenvalue weighted by molar-refractivity contribution is -0.570. The number of carbonyl (C=O) groups excluding carboxylic acids is 2. The van der Waals surface area contributed by atoms with E-state index in [0.717, 1.165) is 40.2 Å². The van der Waals surface area contributed by atoms with Gasteiger partial charge in [0.05, 0.1) is 29.5 Å². The monoisotopic (exact) mass is 704 g/mol. The summed E-state index contributed by atoms with van der Waals surface area (Å²) in [6.45, 7) is 19.4. The third-order valence-corrected chi connectivity index (χ3v) is 8.81. The molecule has 0 unspecified atom stereocenters. The first kappa shape index (κ1) is 42.6. The van der Waals surface area contributed by atoms with E-state index in [-0.39, 0.29) is 17.5 Å². The van der Waals surface area contributed by atoms with Gasteiger partial charge in [0.2, 0.25) is 0 Å². The lowest BCUT2D eigenvalue weighted by Crippen LogP contribution is -2.78. The molecule has 0 aliphatic rings. The van der Waals surface area contributed by atoms with E-state index >= 15 is 0 Å². The van der Waals surface area contributed by atoms with Gasteiger partial charge in [-0.3, -0.25) is 10.1 Å². The number of quaternary nitrogens is 1. The summed E-state index contributed by atoms with van der Waals surface area (Å²) in [5.74, 6) is 0. The van der Waals surface area contributed by atoms with Crippen molar-refractivity contribution in [2.24, 2.45) is 5.41 Å². The first-order chi connectivity index (χ1) is 24.8. The van der Waals surface area contributed by atoms with Gasteiger partial charge in [-0.05, 0) is 94.8 Å². The van der Waals surface area contributed by atoms with Gasteiger partial charge in [-0.25, -0.2) is 0 Å². The van der Waals surface area contributed by atoms with Crippen LogP contribution in [0.4, 0.5) is 17.1 Å². The number of carbonyl (C=O) groups is 2. The Morgan fingerprint density at radius 3 is 2.37 bits per heavy atom. The number of nitro groups is 1. The van der Waals surface area contributed by atoms with E-state index in [0.29, 0.717) is 54.0 Å². The van der Waals surface area contributed by atoms with Crippen LogP contribution in [-0.4, -0.2) is 30.6 Å². The maximum absolute atomic E-state index is 11.6. The molecule has 3 rings (SSSR count). The Morgan fingerprint density at radius 2 is 1.73 bits per heavy atom. The van der Waals surface area contributed by atoms with E-state index in [4.69, 9.17) is 5.73 Å². The molecule has 0 bridgehead atoms. The van der Waals surface area contributed by atoms with E-state index in [1.807, 2.05) is 77.1 Å². The van der Waals surface area contributed by atoms with Crippen LogP contribution in [0, 0.1) is 26.9 Å². The molecule has 0 radical (unpaired) electrons. The van der Waals surface area contributed by atoms with Crippen LogP contribution in [0.2, 0.25) is 0 Å². The highest BCUT2D eigenvalue weighted by Gasteiger charge is 2.30. The quantitative estimate of drug-likeness (QED) is 0.0228. The van der Waals surface area contributed by atoms with Crippen molar-refractivity contribution >= 4 is 52.1 Å². The van der Waals surface area contributed by atoms with Gasteiger partial charge in [-0.15, -0.1) is 0 Å². The molecule has 0 saturated carbocycles. The van der Waals surface area contributed by atoms with Crippen LogP contribution >= 0.6 is 0 Å². The molecule has 0 spiro atoms. The number of hydrogen-bond donors (Lipinski definition) is 3. The predicted octanol–water partition coefficient (Wildman–Crippen LogP) is 8.65. The number of non-ortho nitro benzene ring substituents is 1. The summed E-state index contributed by atoms with van der Waals surface area (Å²) in [5, 5.41) is 29.3. The molecule has 0 aliphatic carbocycles. The second-order valence-corrected chi connectivity index (χ2v) is 13.3. The SMILES string of the molecule is C=C(c1cc([N+](=O)[O-])ccc1/C=C\C)C(C)(C)\C(=C/C=C(C#N)/C=C/CC(C)(C)c1c([NH2+]CCC=O)ccc2ccc(N)cc12)NCCC=O.CC. The zero-order chi connectivity index (χ0) is 38.9. The number of aldehydes is 2. The Labute approximate surface area is 308 Å². The molecular weight excluding hydrogens is 651 g/mol. The van der Waals surface area contributed by atoms with Gasteiger partial charge in [0.1, 0.15) is 18.3 Å². The molecule has 0 aliphatic heterocycles. The van der Waals surface area contributed by atoms with Gasteiger partial charge in [0, 0.05) is 47.5 Å². The molecule has 0 amide bonds. The highest BCUT2D eigenvalue weighted by atomic mass is 16.6. The highest BCUT2D eigenvalue weighted by molar-refractivity contribution is 5.92. The lowest BCUT2D eigenvalue weighted by Gasteiger charge is -2.32. The second-order valence-electron chi connectivity index (χ2n) is 13.3. The van der Waals surface area contributed by atoms with Gasteiger partial charge in [-0.2, -0.15) is 5.26 Å². The number of nitrogen functional groups attached to an aromatic ring is 1. The number of nitro benzene ring substituents is 1. The van der Waals surface area contributed by atoms with Crippen molar-refractivity contribution in [1.82, 2.24) is 5.32 Å². The molecule has 0 heterocycles. The first-order valence-corrected chi connectivity index (χ1v) is 17.7. The standard InChI is InChI=1S/C41H47N5O4.C2H6/c1-7-11-31-15-18-34(46(49)50)27-35(31)29(2)41(5,6)38(45-23-10-25-48)20-13-30(28-42)12-8-21-40(3,4)39-36-26-33(43)17-14-32(36)16-19-37(39)44-22-9-24-47;1-2/h7-8,11-20,24-27,44-45H,2,9-10,21-23,43H2,1,3-6H3;1-2H3/p+1/b11-7-,12-8+,30-13-,38-20+;. The molecule has 9 heteroatoms. The number of benzene rings is 3. The fourth-order valence-corrected chi connectivity index (χ4v) is 5.97. The summed E-state index contributed by atoms with van der Waals surface area (Å²) in [5.41, 5.74) is 11.1. The molecule has 274 valence electrons. The van der Waals surface area contributed by atoms with Crippen molar-refractivity contribution in [3.05, 3.63) is 124 Å². The summed E-state index contributed by atoms with van der Waals surface area (Å²) in [7, 11) is 0. The minimum Gasteiger partial charge on any atom is -0.399 e. The molecule has 3 aromatic carbocycles. The summed E-state index contributed by atoms with van der Waals surface area (Å²) in [6, 6.07) is 17.0. The van der Waals surface area contributed by atoms with Crippen molar-refractivity contribution < 1.29 is 19.8 Å². The molecule has 52 heavy (non-hydrogen) atoms. The number of nitriles is 1. The summed E-state index contributed by atoms with van der Waals surface area (Å²) >= 11 is 0. The Hall–Kier alpha value is -5.59. The Bertz CT molecular complexity index is 1910. The van der Waals surface area contributed by atoms with Gasteiger partial charge in [-0.1, -0.05) is 72.4 Å². The molecule has 3 aromatic rings. The topological polar surface area (TPSA) is 156 Å². The fraction of sp³-hybridized carbons (Fsp3) is 0.326. The smallest absolute Gasteiger partial charge is 0.270 e. The molecule has 5 N–H and O–H groups in total. The average molecular weight is 705 g/mol. The molecular formula is C43H54N5O4+. The number of allylic oxidation sites excluding steroid dienone is 7. The summed E-state index contributed by atoms with van der Waals surface area (Å²) < 4.78 is 0. The third kappa shape index (κ3) is 11.2. The average Bonchev–Trinajstić information content (AvgIpc) is 3.12. The van der Waals surface area contributed by atoms with E-state index < -0.39 is 10.3 Å². The molecule has 0 saturated heterocycles. The Kier molecular flexibility index (Phi) is 16.6. The summed E-state index contributed by atoms with van der Waals surface area (Å²) in [6.07, 6.45) is 14.1. The second kappa shape index (κ2) is 20.3. The van der Waals surface area contributed by atoms with Crippen LogP contribution in [0.3, 0.4) is 0 Å². The van der Waals surface area contributed by atoms with Gasteiger partial charge in [0.25, 0.3) is 5.69 Å². The largest absolute Gasteiger partial charge is 0.399 e. The van der Waals surface area contributed by atoms with Crippen molar-refractivity contribution in [3.63, 3.8) is 0 Å². The lowest BCUT2D eigenvalue weighted by atomic mass is 9.76. The van der Waals surface area contributed by atoms with E-state index in [9.17, 15) is 25.0 Å². The highest BCUT2D eigenvalue weighted by Crippen LogP contribution is 2.42. The van der Waals surface area contributed by atoms with Crippen LogP contribution in [0.1, 0.15) is 84.4 Å². The van der Waals surface area contributed by atoms with Crippen molar-refractivity contribution in [2.45, 2.75) is 73.1 Å². The van der Waals surface area contributed by atoms with E-state index in [1.54, 1.807) is 18.2 Å². The van der Waals surface area contributed by atoms with Crippen LogP contribution < -0.4 is 16.4 Å². The molecule has 9 nitrogen and oxygen atoms in total. The van der Waals surface area contributed by atoms with Crippen molar-refractivity contribution in [1.29, 1.82) is 5.26 Å². The molecule has 0 atom stereocenters. The number of nitrogens with zero attached hydrogens (tertiary/aromatic N) is 2. The summed E-state index contributed by atoms with van der Waals surface area (Å²) in [4.78, 5) is 33.4. The molecule has 0 fully saturated rings. The molecule has 0 aromatic heterocycles. The van der Waals surface area contributed by atoms with Gasteiger partial charge < -0.3 is 26.0 Å². The number of anilines is 1. The third-order valence-electron chi connectivity index (χ3n) is 8.81. The minimum atomic E-state index is -0.760. The minimum absolute atomic E-state index is 0.0395. The first-order valence-electron chi connectivity index (χ1n) is 17.7. The van der Waals surface area contributed by atoms with Gasteiger partial charge >= 0.3 is 0 Å². The number of rotatable bonds is 18. The number of nitrogens with one attached hydrogen (secondary N) is 1. The van der Waals surface area contributed by atoms with E-state index in [1.165, 1.54) is 12.1 Å².